The maximum atomic E-state index is 12.0. The summed E-state index contributed by atoms with van der Waals surface area (Å²) in [4.78, 5) is 19.3. The van der Waals surface area contributed by atoms with Crippen LogP contribution in [0.4, 0.5) is 5.95 Å². The molecule has 0 saturated carbocycles. The molecule has 6 heteroatoms. The zero-order valence-corrected chi connectivity index (χ0v) is 13.4. The second-order valence-electron chi connectivity index (χ2n) is 5.56. The van der Waals surface area contributed by atoms with Gasteiger partial charge in [-0.2, -0.15) is 0 Å². The smallest absolute Gasteiger partial charge is 0.255 e. The second kappa shape index (κ2) is 6.73. The van der Waals surface area contributed by atoms with Crippen molar-refractivity contribution in [3.63, 3.8) is 0 Å². The van der Waals surface area contributed by atoms with Crippen molar-refractivity contribution in [1.82, 2.24) is 9.97 Å². The van der Waals surface area contributed by atoms with Crippen LogP contribution in [0.1, 0.15) is 23.2 Å². The lowest BCUT2D eigenvalue weighted by molar-refractivity contribution is 0.354. The molecule has 6 nitrogen and oxygen atoms in total. The van der Waals surface area contributed by atoms with Crippen LogP contribution >= 0.6 is 0 Å². The van der Waals surface area contributed by atoms with E-state index in [-0.39, 0.29) is 5.56 Å². The molecule has 0 saturated heterocycles. The predicted molar refractivity (Wildman–Crippen MR) is 88.6 cm³/mol. The monoisotopic (exact) mass is 315 g/mol. The molecule has 1 aromatic heterocycles. The number of hydrogen-bond donors (Lipinski definition) is 2. The van der Waals surface area contributed by atoms with Crippen LogP contribution in [0.3, 0.4) is 0 Å². The summed E-state index contributed by atoms with van der Waals surface area (Å²) < 4.78 is 10.5. The van der Waals surface area contributed by atoms with E-state index in [1.54, 1.807) is 14.2 Å². The summed E-state index contributed by atoms with van der Waals surface area (Å²) in [7, 11) is 3.24. The van der Waals surface area contributed by atoms with Crippen LogP contribution in [0.15, 0.2) is 23.0 Å². The summed E-state index contributed by atoms with van der Waals surface area (Å²) in [5, 5.41) is 3.19. The van der Waals surface area contributed by atoms with Gasteiger partial charge in [0.15, 0.2) is 11.5 Å². The molecule has 3 rings (SSSR count). The van der Waals surface area contributed by atoms with Gasteiger partial charge in [-0.15, -0.1) is 0 Å². The molecule has 2 aromatic rings. The molecule has 2 N–H and O–H groups in total. The fourth-order valence-corrected chi connectivity index (χ4v) is 2.89. The number of hydrogen-bond acceptors (Lipinski definition) is 5. The minimum Gasteiger partial charge on any atom is -0.493 e. The van der Waals surface area contributed by atoms with E-state index in [0.29, 0.717) is 24.0 Å². The van der Waals surface area contributed by atoms with Crippen molar-refractivity contribution < 1.29 is 9.47 Å². The number of fused-ring (bicyclic) bond motifs is 1. The first-order valence-electron chi connectivity index (χ1n) is 7.78. The predicted octanol–water partition coefficient (Wildman–Crippen LogP) is 1.93. The number of benzene rings is 1. The van der Waals surface area contributed by atoms with Gasteiger partial charge >= 0.3 is 0 Å². The lowest BCUT2D eigenvalue weighted by atomic mass is 10.1. The fraction of sp³-hybridized carbons (Fsp3) is 0.412. The molecule has 0 radical (unpaired) electrons. The zero-order valence-electron chi connectivity index (χ0n) is 13.4. The van der Waals surface area contributed by atoms with E-state index in [4.69, 9.17) is 9.47 Å². The Balaban J connectivity index is 1.64. The van der Waals surface area contributed by atoms with Crippen LogP contribution in [0.25, 0.3) is 0 Å². The van der Waals surface area contributed by atoms with Gasteiger partial charge in [-0.25, -0.2) is 4.98 Å². The van der Waals surface area contributed by atoms with Gasteiger partial charge in [0.05, 0.1) is 19.9 Å². The topological polar surface area (TPSA) is 76.2 Å². The molecule has 0 bridgehead atoms. The zero-order chi connectivity index (χ0) is 16.2. The minimum atomic E-state index is -0.0129. The van der Waals surface area contributed by atoms with Gasteiger partial charge in [0.25, 0.3) is 5.56 Å². The Labute approximate surface area is 134 Å². The highest BCUT2D eigenvalue weighted by Gasteiger charge is 2.16. The fourth-order valence-electron chi connectivity index (χ4n) is 2.89. The standard InChI is InChI=1S/C17H21N3O3/c1-22-14-7-6-11(10-15(14)23-2)8-9-18-17-19-13-5-3-4-12(13)16(21)20-17/h6-7,10H,3-5,8-9H2,1-2H3,(H2,18,19,20,21). The van der Waals surface area contributed by atoms with Crippen molar-refractivity contribution in [2.24, 2.45) is 0 Å². The maximum absolute atomic E-state index is 12.0. The van der Waals surface area contributed by atoms with Gasteiger partial charge in [0.2, 0.25) is 5.95 Å². The van der Waals surface area contributed by atoms with Crippen LogP contribution < -0.4 is 20.3 Å². The molecule has 0 aliphatic heterocycles. The van der Waals surface area contributed by atoms with E-state index in [9.17, 15) is 4.79 Å². The van der Waals surface area contributed by atoms with Crippen LogP contribution in [-0.4, -0.2) is 30.7 Å². The van der Waals surface area contributed by atoms with Crippen LogP contribution in [-0.2, 0) is 19.3 Å². The first-order valence-corrected chi connectivity index (χ1v) is 7.78. The number of aromatic nitrogens is 2. The average molecular weight is 315 g/mol. The quantitative estimate of drug-likeness (QED) is 0.852. The van der Waals surface area contributed by atoms with Gasteiger partial charge in [0.1, 0.15) is 0 Å². The Hall–Kier alpha value is -2.50. The van der Waals surface area contributed by atoms with E-state index in [2.05, 4.69) is 15.3 Å². The van der Waals surface area contributed by atoms with E-state index < -0.39 is 0 Å². The number of aromatic amines is 1. The highest BCUT2D eigenvalue weighted by Crippen LogP contribution is 2.27. The Kier molecular flexibility index (Phi) is 4.50. The first kappa shape index (κ1) is 15.4. The van der Waals surface area contributed by atoms with Crippen LogP contribution in [0, 0.1) is 0 Å². The van der Waals surface area contributed by atoms with Crippen molar-refractivity contribution in [3.05, 3.63) is 45.4 Å². The molecule has 0 unspecified atom stereocenters. The molecular weight excluding hydrogens is 294 g/mol. The summed E-state index contributed by atoms with van der Waals surface area (Å²) in [5.74, 6) is 1.99. The Morgan fingerprint density at radius 3 is 2.83 bits per heavy atom. The van der Waals surface area contributed by atoms with E-state index in [1.807, 2.05) is 18.2 Å². The third-order valence-corrected chi connectivity index (χ3v) is 4.10. The molecule has 0 amide bonds. The molecule has 23 heavy (non-hydrogen) atoms. The third-order valence-electron chi connectivity index (χ3n) is 4.10. The van der Waals surface area contributed by atoms with E-state index >= 15 is 0 Å². The first-order chi connectivity index (χ1) is 11.2. The van der Waals surface area contributed by atoms with Crippen molar-refractivity contribution in [3.8, 4) is 11.5 Å². The van der Waals surface area contributed by atoms with Gasteiger partial charge in [-0.05, 0) is 43.4 Å². The summed E-state index contributed by atoms with van der Waals surface area (Å²) in [6, 6.07) is 5.85. The Bertz CT molecular complexity index is 755. The Morgan fingerprint density at radius 2 is 2.04 bits per heavy atom. The number of ether oxygens (including phenoxy) is 2. The van der Waals surface area contributed by atoms with E-state index in [1.165, 1.54) is 0 Å². The van der Waals surface area contributed by atoms with Crippen molar-refractivity contribution >= 4 is 5.95 Å². The molecular formula is C17H21N3O3. The van der Waals surface area contributed by atoms with E-state index in [0.717, 1.165) is 42.5 Å². The van der Waals surface area contributed by atoms with Gasteiger partial charge < -0.3 is 14.8 Å². The second-order valence-corrected chi connectivity index (χ2v) is 5.56. The summed E-state index contributed by atoms with van der Waals surface area (Å²) in [6.45, 7) is 0.678. The summed E-state index contributed by atoms with van der Waals surface area (Å²) in [5.41, 5.74) is 2.89. The molecule has 122 valence electrons. The number of H-pyrrole nitrogens is 1. The van der Waals surface area contributed by atoms with Gasteiger partial charge in [-0.1, -0.05) is 6.07 Å². The lowest BCUT2D eigenvalue weighted by Gasteiger charge is -2.10. The van der Waals surface area contributed by atoms with Crippen LogP contribution in [0.2, 0.25) is 0 Å². The normalized spacial score (nSPS) is 12.8. The largest absolute Gasteiger partial charge is 0.493 e. The number of anilines is 1. The minimum absolute atomic E-state index is 0.0129. The number of methoxy groups -OCH3 is 2. The number of aryl methyl sites for hydroxylation is 1. The Morgan fingerprint density at radius 1 is 1.22 bits per heavy atom. The number of nitrogens with zero attached hydrogens (tertiary/aromatic N) is 1. The molecule has 0 atom stereocenters. The van der Waals surface area contributed by atoms with Gasteiger partial charge in [0, 0.05) is 12.1 Å². The number of nitrogens with one attached hydrogen (secondary N) is 2. The highest BCUT2D eigenvalue weighted by molar-refractivity contribution is 5.43. The molecule has 1 aromatic carbocycles. The average Bonchev–Trinajstić information content (AvgIpc) is 3.04. The van der Waals surface area contributed by atoms with Crippen LogP contribution in [0.5, 0.6) is 11.5 Å². The molecule has 1 heterocycles. The highest BCUT2D eigenvalue weighted by atomic mass is 16.5. The van der Waals surface area contributed by atoms with Gasteiger partial charge in [-0.3, -0.25) is 9.78 Å². The van der Waals surface area contributed by atoms with Crippen molar-refractivity contribution in [2.75, 3.05) is 26.1 Å². The SMILES string of the molecule is COc1ccc(CCNc2nc3c(c(=O)[nH]2)CCC3)cc1OC. The summed E-state index contributed by atoms with van der Waals surface area (Å²) >= 11 is 0. The maximum Gasteiger partial charge on any atom is 0.255 e. The van der Waals surface area contributed by atoms with Crippen molar-refractivity contribution in [2.45, 2.75) is 25.7 Å². The lowest BCUT2D eigenvalue weighted by Crippen LogP contribution is -2.18. The molecule has 1 aliphatic rings. The molecule has 0 spiro atoms. The third kappa shape index (κ3) is 3.31. The summed E-state index contributed by atoms with van der Waals surface area (Å²) in [6.07, 6.45) is 3.54. The number of rotatable bonds is 6. The molecule has 1 aliphatic carbocycles. The molecule has 0 fully saturated rings. The van der Waals surface area contributed by atoms with Crippen molar-refractivity contribution in [1.29, 1.82) is 0 Å².